The Bertz CT molecular complexity index is 2960. The van der Waals surface area contributed by atoms with Crippen LogP contribution in [0, 0.1) is 11.8 Å². The van der Waals surface area contributed by atoms with Gasteiger partial charge in [0.15, 0.2) is 0 Å². The second kappa shape index (κ2) is 13.8. The fourth-order valence-corrected chi connectivity index (χ4v) is 13.1. The largest absolute Gasteiger partial charge is 0.310 e. The first-order chi connectivity index (χ1) is 30.3. The lowest BCUT2D eigenvalue weighted by molar-refractivity contribution is 0.420. The van der Waals surface area contributed by atoms with Gasteiger partial charge in [0.05, 0.1) is 5.41 Å². The lowest BCUT2D eigenvalue weighted by Crippen LogP contribution is -2.26. The van der Waals surface area contributed by atoms with E-state index in [0.29, 0.717) is 5.92 Å². The van der Waals surface area contributed by atoms with Crippen molar-refractivity contribution < 1.29 is 0 Å². The van der Waals surface area contributed by atoms with Crippen LogP contribution in [0.5, 0.6) is 0 Å². The van der Waals surface area contributed by atoms with Gasteiger partial charge in [-0.3, -0.25) is 0 Å². The van der Waals surface area contributed by atoms with Crippen molar-refractivity contribution >= 4 is 17.1 Å². The first-order valence-electron chi connectivity index (χ1n) is 22.9. The van der Waals surface area contributed by atoms with E-state index in [0.717, 1.165) is 11.8 Å². The Morgan fingerprint density at radius 3 is 1.89 bits per heavy atom. The van der Waals surface area contributed by atoms with Gasteiger partial charge in [-0.1, -0.05) is 158 Å². The summed E-state index contributed by atoms with van der Waals surface area (Å²) in [5, 5.41) is 0. The number of aryl methyl sites for hydroxylation is 1. The van der Waals surface area contributed by atoms with Gasteiger partial charge < -0.3 is 4.90 Å². The molecule has 61 heavy (non-hydrogen) atoms. The molecule has 0 amide bonds. The Balaban J connectivity index is 1.05. The molecule has 3 atom stereocenters. The quantitative estimate of drug-likeness (QED) is 0.162. The summed E-state index contributed by atoms with van der Waals surface area (Å²) in [6.07, 6.45) is 10.4. The highest BCUT2D eigenvalue weighted by atomic mass is 15.1. The van der Waals surface area contributed by atoms with Crippen molar-refractivity contribution in [2.75, 3.05) is 4.90 Å². The van der Waals surface area contributed by atoms with Gasteiger partial charge in [0.25, 0.3) is 0 Å². The smallest absolute Gasteiger partial charge is 0.0726 e. The highest BCUT2D eigenvalue weighted by Crippen LogP contribution is 2.65. The molecule has 0 radical (unpaired) electrons. The Hall–Kier alpha value is -6.44. The average Bonchev–Trinajstić information content (AvgIpc) is 4.11. The second-order valence-electron chi connectivity index (χ2n) is 18.5. The SMILES string of the molecule is c1ccc(-c2cccc3c2-c2ccc(N(c4ccc(-c5cccc6c5CCCC6)cc4)c4ccccc4C4CC5CCC4C5)cc2C32c3ccccc3-c3ccccc32)cc1. The van der Waals surface area contributed by atoms with Crippen LogP contribution in [-0.4, -0.2) is 0 Å². The van der Waals surface area contributed by atoms with Gasteiger partial charge in [0.2, 0.25) is 0 Å². The predicted molar refractivity (Wildman–Crippen MR) is 253 cm³/mol. The summed E-state index contributed by atoms with van der Waals surface area (Å²) >= 11 is 0. The van der Waals surface area contributed by atoms with E-state index in [4.69, 9.17) is 0 Å². The summed E-state index contributed by atoms with van der Waals surface area (Å²) in [4.78, 5) is 2.62. The molecule has 0 aromatic heterocycles. The van der Waals surface area contributed by atoms with Crippen LogP contribution in [0.1, 0.15) is 83.4 Å². The van der Waals surface area contributed by atoms with Crippen LogP contribution in [0.15, 0.2) is 182 Å². The van der Waals surface area contributed by atoms with E-state index in [1.165, 1.54) is 146 Å². The number of para-hydroxylation sites is 1. The maximum Gasteiger partial charge on any atom is 0.0726 e. The molecule has 0 heterocycles. The normalized spacial score (nSPS) is 19.6. The van der Waals surface area contributed by atoms with Crippen LogP contribution in [0.4, 0.5) is 17.1 Å². The van der Waals surface area contributed by atoms with Crippen LogP contribution in [0.25, 0.3) is 44.5 Å². The molecule has 1 spiro atoms. The number of benzene rings is 8. The molecule has 5 aliphatic carbocycles. The van der Waals surface area contributed by atoms with E-state index in [1.807, 2.05) is 0 Å². The van der Waals surface area contributed by atoms with Crippen LogP contribution in [-0.2, 0) is 18.3 Å². The Morgan fingerprint density at radius 2 is 1.10 bits per heavy atom. The molecule has 3 unspecified atom stereocenters. The number of hydrogen-bond acceptors (Lipinski definition) is 1. The highest BCUT2D eigenvalue weighted by molar-refractivity contribution is 6.01. The lowest BCUT2D eigenvalue weighted by Gasteiger charge is -2.34. The van der Waals surface area contributed by atoms with Crippen LogP contribution in [0.2, 0.25) is 0 Å². The molecule has 2 saturated carbocycles. The second-order valence-corrected chi connectivity index (χ2v) is 18.5. The summed E-state index contributed by atoms with van der Waals surface area (Å²) in [7, 11) is 0. The van der Waals surface area contributed by atoms with E-state index in [-0.39, 0.29) is 0 Å². The van der Waals surface area contributed by atoms with Gasteiger partial charge in [0, 0.05) is 17.1 Å². The molecule has 8 aromatic rings. The standard InChI is InChI=1S/C60H49N/c1-2-14-41(15-3-1)48-23-13-26-56-59(48)52-35-34-45(38-57(52)60(56)54-24-9-6-19-49(54)50-20-7-10-25-55(50)60)61(58-27-11-8-21-51(58)53-37-39-28-29-43(53)36-39)44-32-30-42(31-33-44)47-22-12-17-40-16-4-5-18-46(40)47/h1-3,6-15,17,19-27,30-35,38-39,43,53H,4-5,16,18,28-29,36-37H2. The molecule has 1 nitrogen and oxygen atoms in total. The maximum atomic E-state index is 2.62. The molecule has 0 saturated heterocycles. The van der Waals surface area contributed by atoms with Crippen molar-refractivity contribution in [1.29, 1.82) is 0 Å². The Labute approximate surface area is 360 Å². The van der Waals surface area contributed by atoms with E-state index >= 15 is 0 Å². The highest BCUT2D eigenvalue weighted by Gasteiger charge is 2.52. The van der Waals surface area contributed by atoms with Gasteiger partial charge in [-0.2, -0.15) is 0 Å². The third kappa shape index (κ3) is 5.19. The van der Waals surface area contributed by atoms with Gasteiger partial charge >= 0.3 is 0 Å². The zero-order chi connectivity index (χ0) is 40.1. The molecular formula is C60H49N. The summed E-state index contributed by atoms with van der Waals surface area (Å²) in [6, 6.07) is 69.9. The van der Waals surface area contributed by atoms with Crippen LogP contribution < -0.4 is 4.90 Å². The van der Waals surface area contributed by atoms with E-state index in [1.54, 1.807) is 5.56 Å². The summed E-state index contributed by atoms with van der Waals surface area (Å²) in [5.41, 5.74) is 24.0. The van der Waals surface area contributed by atoms with E-state index in [2.05, 4.69) is 187 Å². The minimum atomic E-state index is -0.454. The van der Waals surface area contributed by atoms with Crippen molar-refractivity contribution in [3.63, 3.8) is 0 Å². The predicted octanol–water partition coefficient (Wildman–Crippen LogP) is 15.6. The molecule has 294 valence electrons. The lowest BCUT2D eigenvalue weighted by atomic mass is 9.70. The number of rotatable bonds is 6. The summed E-state index contributed by atoms with van der Waals surface area (Å²) in [6.45, 7) is 0. The fraction of sp³-hybridized carbons (Fsp3) is 0.200. The number of hydrogen-bond donors (Lipinski definition) is 0. The molecule has 0 N–H and O–H groups in total. The minimum absolute atomic E-state index is 0.454. The molecule has 2 bridgehead atoms. The molecule has 1 heteroatoms. The molecule has 5 aliphatic rings. The third-order valence-corrected chi connectivity index (χ3v) is 15.6. The van der Waals surface area contributed by atoms with Crippen LogP contribution in [0.3, 0.4) is 0 Å². The number of anilines is 3. The topological polar surface area (TPSA) is 3.24 Å². The van der Waals surface area contributed by atoms with Gasteiger partial charge in [-0.25, -0.2) is 0 Å². The van der Waals surface area contributed by atoms with Crippen molar-refractivity contribution in [3.05, 3.63) is 221 Å². The van der Waals surface area contributed by atoms with Gasteiger partial charge in [-0.15, -0.1) is 0 Å². The minimum Gasteiger partial charge on any atom is -0.310 e. The molecule has 0 aliphatic heterocycles. The molecule has 2 fully saturated rings. The molecule has 8 aromatic carbocycles. The number of fused-ring (bicyclic) bond motifs is 13. The van der Waals surface area contributed by atoms with Crippen molar-refractivity contribution in [2.45, 2.75) is 62.7 Å². The maximum absolute atomic E-state index is 2.62. The Kier molecular flexibility index (Phi) is 7.99. The first kappa shape index (κ1) is 35.3. The zero-order valence-electron chi connectivity index (χ0n) is 34.7. The zero-order valence-corrected chi connectivity index (χ0v) is 34.7. The summed E-state index contributed by atoms with van der Waals surface area (Å²) < 4.78 is 0. The average molecular weight is 784 g/mol. The van der Waals surface area contributed by atoms with Crippen molar-refractivity contribution in [3.8, 4) is 44.5 Å². The molecule has 13 rings (SSSR count). The molecular weight excluding hydrogens is 735 g/mol. The van der Waals surface area contributed by atoms with E-state index in [9.17, 15) is 0 Å². The van der Waals surface area contributed by atoms with Gasteiger partial charge in [0.1, 0.15) is 0 Å². The fourth-order valence-electron chi connectivity index (χ4n) is 13.1. The van der Waals surface area contributed by atoms with Gasteiger partial charge in [-0.05, 0) is 176 Å². The third-order valence-electron chi connectivity index (χ3n) is 15.6. The number of nitrogens with zero attached hydrogens (tertiary/aromatic N) is 1. The Morgan fingerprint density at radius 1 is 0.443 bits per heavy atom. The summed E-state index contributed by atoms with van der Waals surface area (Å²) in [5.74, 6) is 2.24. The van der Waals surface area contributed by atoms with Crippen molar-refractivity contribution in [2.24, 2.45) is 11.8 Å². The van der Waals surface area contributed by atoms with Crippen LogP contribution >= 0.6 is 0 Å². The van der Waals surface area contributed by atoms with E-state index < -0.39 is 5.41 Å². The first-order valence-corrected chi connectivity index (χ1v) is 22.9. The van der Waals surface area contributed by atoms with Crippen molar-refractivity contribution in [1.82, 2.24) is 0 Å². The monoisotopic (exact) mass is 783 g/mol.